The van der Waals surface area contributed by atoms with Gasteiger partial charge >= 0.3 is 0 Å². The lowest BCUT2D eigenvalue weighted by molar-refractivity contribution is 0.0600. The molecular weight excluding hydrogens is 462 g/mol. The Labute approximate surface area is 222 Å². The standard InChI is InChI=1S/C33H42F2N2/c1-6-25-22-29(27-14-12-13-26(21-27)24(4)34)30(35)23-31(25)37(5)33(19-20-36-8-3)18-17-32(33,7-2)28-15-10-9-11-16-28/h9-16,21-24,36H,6-8,17-20H2,1-5H3. The monoisotopic (exact) mass is 504 g/mol. The third-order valence-electron chi connectivity index (χ3n) is 8.96. The van der Waals surface area contributed by atoms with Gasteiger partial charge in [-0.1, -0.05) is 69.3 Å². The highest BCUT2D eigenvalue weighted by molar-refractivity contribution is 5.71. The van der Waals surface area contributed by atoms with Gasteiger partial charge in [0.25, 0.3) is 0 Å². The minimum atomic E-state index is -1.09. The molecule has 1 saturated carbocycles. The topological polar surface area (TPSA) is 15.3 Å². The Balaban J connectivity index is 1.81. The van der Waals surface area contributed by atoms with Crippen molar-refractivity contribution < 1.29 is 8.78 Å². The zero-order valence-corrected chi connectivity index (χ0v) is 23.1. The van der Waals surface area contributed by atoms with E-state index < -0.39 is 6.17 Å². The van der Waals surface area contributed by atoms with Crippen molar-refractivity contribution in [3.63, 3.8) is 0 Å². The highest BCUT2D eigenvalue weighted by Gasteiger charge is 2.60. The summed E-state index contributed by atoms with van der Waals surface area (Å²) in [6.07, 6.45) is 3.92. The number of alkyl halides is 1. The van der Waals surface area contributed by atoms with Crippen molar-refractivity contribution in [3.8, 4) is 11.1 Å². The Morgan fingerprint density at radius 2 is 1.73 bits per heavy atom. The van der Waals surface area contributed by atoms with Gasteiger partial charge in [0.05, 0.1) is 5.54 Å². The van der Waals surface area contributed by atoms with Crippen molar-refractivity contribution in [2.24, 2.45) is 0 Å². The summed E-state index contributed by atoms with van der Waals surface area (Å²) in [6.45, 7) is 9.94. The second kappa shape index (κ2) is 11.3. The largest absolute Gasteiger partial charge is 0.368 e. The number of halogens is 2. The van der Waals surface area contributed by atoms with Gasteiger partial charge in [0.15, 0.2) is 0 Å². The first-order chi connectivity index (χ1) is 17.8. The van der Waals surface area contributed by atoms with E-state index in [9.17, 15) is 4.39 Å². The molecule has 0 bridgehead atoms. The van der Waals surface area contributed by atoms with Crippen LogP contribution in [0.4, 0.5) is 14.5 Å². The van der Waals surface area contributed by atoms with Gasteiger partial charge in [-0.25, -0.2) is 8.78 Å². The zero-order chi connectivity index (χ0) is 26.6. The van der Waals surface area contributed by atoms with Crippen molar-refractivity contribution in [1.82, 2.24) is 5.32 Å². The second-order valence-electron chi connectivity index (χ2n) is 10.6. The van der Waals surface area contributed by atoms with Crippen LogP contribution in [0.15, 0.2) is 66.7 Å². The number of rotatable bonds is 11. The molecule has 3 aromatic carbocycles. The highest BCUT2D eigenvalue weighted by Crippen LogP contribution is 2.59. The molecule has 37 heavy (non-hydrogen) atoms. The molecule has 1 aliphatic carbocycles. The molecule has 4 rings (SSSR count). The molecule has 0 amide bonds. The van der Waals surface area contributed by atoms with Gasteiger partial charge in [-0.2, -0.15) is 0 Å². The van der Waals surface area contributed by atoms with E-state index in [1.807, 2.05) is 18.2 Å². The van der Waals surface area contributed by atoms with E-state index in [1.54, 1.807) is 18.2 Å². The first kappa shape index (κ1) is 27.3. The number of anilines is 1. The van der Waals surface area contributed by atoms with E-state index in [4.69, 9.17) is 0 Å². The first-order valence-electron chi connectivity index (χ1n) is 13.9. The maximum atomic E-state index is 15.8. The normalized spacial score (nSPS) is 21.9. The molecule has 3 atom stereocenters. The first-order valence-corrected chi connectivity index (χ1v) is 13.9. The van der Waals surface area contributed by atoms with Crippen molar-refractivity contribution in [2.45, 2.75) is 76.9 Å². The van der Waals surface area contributed by atoms with Crippen molar-refractivity contribution in [2.75, 3.05) is 25.0 Å². The molecule has 3 aromatic rings. The van der Waals surface area contributed by atoms with Crippen LogP contribution in [0.2, 0.25) is 0 Å². The quantitative estimate of drug-likeness (QED) is 0.264. The average molecular weight is 505 g/mol. The molecule has 3 unspecified atom stereocenters. The summed E-state index contributed by atoms with van der Waals surface area (Å²) in [5.41, 5.74) is 5.17. The van der Waals surface area contributed by atoms with E-state index in [2.05, 4.69) is 68.4 Å². The number of hydrogen-bond donors (Lipinski definition) is 1. The molecule has 0 aromatic heterocycles. The summed E-state index contributed by atoms with van der Waals surface area (Å²) in [4.78, 5) is 2.40. The predicted molar refractivity (Wildman–Crippen MR) is 153 cm³/mol. The summed E-state index contributed by atoms with van der Waals surface area (Å²) in [7, 11) is 2.16. The second-order valence-corrected chi connectivity index (χ2v) is 10.6. The van der Waals surface area contributed by atoms with Crippen LogP contribution in [-0.2, 0) is 11.8 Å². The van der Waals surface area contributed by atoms with Gasteiger partial charge in [0.2, 0.25) is 0 Å². The predicted octanol–water partition coefficient (Wildman–Crippen LogP) is 8.40. The summed E-state index contributed by atoms with van der Waals surface area (Å²) in [6, 6.07) is 21.8. The fourth-order valence-corrected chi connectivity index (χ4v) is 6.70. The molecule has 1 aliphatic rings. The van der Waals surface area contributed by atoms with Gasteiger partial charge in [0.1, 0.15) is 12.0 Å². The Hall–Kier alpha value is -2.72. The maximum Gasteiger partial charge on any atom is 0.133 e. The smallest absolute Gasteiger partial charge is 0.133 e. The molecule has 0 aliphatic heterocycles. The minimum absolute atomic E-state index is 0.00415. The summed E-state index contributed by atoms with van der Waals surface area (Å²) in [5, 5.41) is 3.55. The molecule has 0 saturated heterocycles. The van der Waals surface area contributed by atoms with Crippen LogP contribution in [0.1, 0.15) is 76.2 Å². The number of nitrogens with zero attached hydrogens (tertiary/aromatic N) is 1. The minimum Gasteiger partial charge on any atom is -0.368 e. The average Bonchev–Trinajstić information content (AvgIpc) is 2.91. The van der Waals surface area contributed by atoms with E-state index in [0.29, 0.717) is 11.1 Å². The fourth-order valence-electron chi connectivity index (χ4n) is 6.70. The van der Waals surface area contributed by atoms with Crippen LogP contribution >= 0.6 is 0 Å². The van der Waals surface area contributed by atoms with E-state index in [0.717, 1.165) is 62.0 Å². The van der Waals surface area contributed by atoms with E-state index >= 15 is 4.39 Å². The van der Waals surface area contributed by atoms with Crippen LogP contribution in [0, 0.1) is 5.82 Å². The van der Waals surface area contributed by atoms with E-state index in [-0.39, 0.29) is 16.8 Å². The Morgan fingerprint density at radius 1 is 0.973 bits per heavy atom. The van der Waals surface area contributed by atoms with Gasteiger partial charge in [-0.05, 0) is 92.6 Å². The van der Waals surface area contributed by atoms with Crippen LogP contribution in [0.25, 0.3) is 11.1 Å². The molecule has 1 N–H and O–H groups in total. The molecular formula is C33H42F2N2. The van der Waals surface area contributed by atoms with Crippen LogP contribution in [0.3, 0.4) is 0 Å². The number of likely N-dealkylation sites (N-methyl/N-ethyl adjacent to an activating group) is 1. The lowest BCUT2D eigenvalue weighted by Gasteiger charge is -2.65. The third kappa shape index (κ3) is 4.81. The highest BCUT2D eigenvalue weighted by atomic mass is 19.1. The summed E-state index contributed by atoms with van der Waals surface area (Å²) < 4.78 is 29.8. The summed E-state index contributed by atoms with van der Waals surface area (Å²) in [5.74, 6) is -0.259. The lowest BCUT2D eigenvalue weighted by atomic mass is 9.48. The Bertz CT molecular complexity index is 1190. The van der Waals surface area contributed by atoms with Gasteiger partial charge in [-0.3, -0.25) is 0 Å². The lowest BCUT2D eigenvalue weighted by Crippen LogP contribution is -2.69. The Kier molecular flexibility index (Phi) is 8.38. The van der Waals surface area contributed by atoms with Gasteiger partial charge in [-0.15, -0.1) is 0 Å². The maximum absolute atomic E-state index is 15.8. The van der Waals surface area contributed by atoms with E-state index in [1.165, 1.54) is 12.5 Å². The SMILES string of the molecule is CCNCCC1(N(C)c2cc(F)c(-c3cccc(C(C)F)c3)cc2CC)CCC1(CC)c1ccccc1. The molecule has 1 fully saturated rings. The van der Waals surface area contributed by atoms with Gasteiger partial charge in [0, 0.05) is 23.7 Å². The molecule has 4 heteroatoms. The van der Waals surface area contributed by atoms with Crippen LogP contribution < -0.4 is 10.2 Å². The number of nitrogens with one attached hydrogen (secondary N) is 1. The van der Waals surface area contributed by atoms with Crippen molar-refractivity contribution in [1.29, 1.82) is 0 Å². The zero-order valence-electron chi connectivity index (χ0n) is 23.1. The number of aryl methyl sites for hydroxylation is 1. The molecule has 2 nitrogen and oxygen atoms in total. The molecule has 0 spiro atoms. The number of benzene rings is 3. The third-order valence-corrected chi connectivity index (χ3v) is 8.96. The molecule has 0 radical (unpaired) electrons. The number of hydrogen-bond acceptors (Lipinski definition) is 2. The van der Waals surface area contributed by atoms with Crippen LogP contribution in [-0.4, -0.2) is 25.7 Å². The molecule has 198 valence electrons. The molecule has 0 heterocycles. The van der Waals surface area contributed by atoms with Crippen molar-refractivity contribution in [3.05, 3.63) is 89.2 Å². The van der Waals surface area contributed by atoms with Crippen LogP contribution in [0.5, 0.6) is 0 Å². The summed E-state index contributed by atoms with van der Waals surface area (Å²) >= 11 is 0. The Morgan fingerprint density at radius 3 is 2.32 bits per heavy atom. The fraction of sp³-hybridized carbons (Fsp3) is 0.455. The van der Waals surface area contributed by atoms with Crippen molar-refractivity contribution >= 4 is 5.69 Å². The van der Waals surface area contributed by atoms with Gasteiger partial charge < -0.3 is 10.2 Å².